The summed E-state index contributed by atoms with van der Waals surface area (Å²) in [6.45, 7) is 4.52. The summed E-state index contributed by atoms with van der Waals surface area (Å²) in [4.78, 5) is 29.9. The molecular formula is C21H23N3O3S. The fraction of sp³-hybridized carbons (Fsp3) is 0.286. The van der Waals surface area contributed by atoms with Crippen LogP contribution in [0.15, 0.2) is 52.4 Å². The minimum absolute atomic E-state index is 0.0734. The third-order valence-corrected chi connectivity index (χ3v) is 5.21. The first-order valence-electron chi connectivity index (χ1n) is 9.10. The highest BCUT2D eigenvalue weighted by atomic mass is 32.2. The maximum Gasteiger partial charge on any atom is 0.262 e. The molecule has 28 heavy (non-hydrogen) atoms. The van der Waals surface area contributed by atoms with Crippen LogP contribution < -0.4 is 15.6 Å². The van der Waals surface area contributed by atoms with Gasteiger partial charge in [-0.3, -0.25) is 14.2 Å². The third-order valence-electron chi connectivity index (χ3n) is 4.24. The standard InChI is InChI=1S/C21H23N3O3S/c1-4-11-24-20(26)15-7-5-6-8-16(15)23-21(24)28-13-19(25)22-17-12-14(2)9-10-18(17)27-3/h5-10,12H,4,11,13H2,1-3H3,(H,22,25). The lowest BCUT2D eigenvalue weighted by Gasteiger charge is -2.13. The van der Waals surface area contributed by atoms with Gasteiger partial charge >= 0.3 is 0 Å². The van der Waals surface area contributed by atoms with Gasteiger partial charge in [0.1, 0.15) is 5.75 Å². The quantitative estimate of drug-likeness (QED) is 0.484. The molecule has 0 radical (unpaired) electrons. The molecule has 1 amide bonds. The van der Waals surface area contributed by atoms with Crippen molar-refractivity contribution in [2.45, 2.75) is 32.0 Å². The number of thioether (sulfide) groups is 1. The summed E-state index contributed by atoms with van der Waals surface area (Å²) in [7, 11) is 1.57. The fourth-order valence-corrected chi connectivity index (χ4v) is 3.74. The molecule has 0 saturated carbocycles. The molecule has 1 N–H and O–H groups in total. The molecular weight excluding hydrogens is 374 g/mol. The average Bonchev–Trinajstić information content (AvgIpc) is 2.69. The normalized spacial score (nSPS) is 10.8. The van der Waals surface area contributed by atoms with E-state index in [0.29, 0.717) is 34.0 Å². The van der Waals surface area contributed by atoms with E-state index in [2.05, 4.69) is 10.3 Å². The zero-order chi connectivity index (χ0) is 20.1. The van der Waals surface area contributed by atoms with Crippen LogP contribution in [-0.4, -0.2) is 28.3 Å². The molecule has 0 spiro atoms. The minimum Gasteiger partial charge on any atom is -0.495 e. The van der Waals surface area contributed by atoms with Crippen molar-refractivity contribution in [1.29, 1.82) is 0 Å². The molecule has 0 atom stereocenters. The number of fused-ring (bicyclic) bond motifs is 1. The van der Waals surface area contributed by atoms with Crippen molar-refractivity contribution in [3.63, 3.8) is 0 Å². The number of para-hydroxylation sites is 1. The van der Waals surface area contributed by atoms with E-state index in [1.165, 1.54) is 11.8 Å². The Kier molecular flexibility index (Phi) is 6.36. The van der Waals surface area contributed by atoms with Gasteiger partial charge in [-0.15, -0.1) is 0 Å². The van der Waals surface area contributed by atoms with Crippen molar-refractivity contribution in [1.82, 2.24) is 9.55 Å². The Bertz CT molecular complexity index is 1060. The number of nitrogens with zero attached hydrogens (tertiary/aromatic N) is 2. The van der Waals surface area contributed by atoms with Gasteiger partial charge in [-0.2, -0.15) is 0 Å². The second-order valence-corrected chi connectivity index (χ2v) is 7.35. The number of hydrogen-bond donors (Lipinski definition) is 1. The van der Waals surface area contributed by atoms with Crippen LogP contribution >= 0.6 is 11.8 Å². The highest BCUT2D eigenvalue weighted by Gasteiger charge is 2.14. The van der Waals surface area contributed by atoms with Crippen LogP contribution in [0.25, 0.3) is 10.9 Å². The van der Waals surface area contributed by atoms with Crippen molar-refractivity contribution < 1.29 is 9.53 Å². The molecule has 3 rings (SSSR count). The van der Waals surface area contributed by atoms with Gasteiger partial charge in [-0.25, -0.2) is 4.98 Å². The summed E-state index contributed by atoms with van der Waals surface area (Å²) in [5.41, 5.74) is 2.22. The molecule has 7 heteroatoms. The molecule has 3 aromatic rings. The third kappa shape index (κ3) is 4.36. The highest BCUT2D eigenvalue weighted by molar-refractivity contribution is 7.99. The number of rotatable bonds is 7. The first kappa shape index (κ1) is 19.9. The Morgan fingerprint density at radius 3 is 2.79 bits per heavy atom. The number of nitrogens with one attached hydrogen (secondary N) is 1. The Morgan fingerprint density at radius 1 is 1.25 bits per heavy atom. The molecule has 0 unspecified atom stereocenters. The van der Waals surface area contributed by atoms with Crippen LogP contribution in [0.3, 0.4) is 0 Å². The lowest BCUT2D eigenvalue weighted by Crippen LogP contribution is -2.24. The number of amides is 1. The fourth-order valence-electron chi connectivity index (χ4n) is 2.91. The Labute approximate surface area is 167 Å². The van der Waals surface area contributed by atoms with Gasteiger partial charge in [0.05, 0.1) is 29.5 Å². The van der Waals surface area contributed by atoms with E-state index in [1.54, 1.807) is 17.7 Å². The molecule has 1 heterocycles. The molecule has 0 aliphatic rings. The summed E-state index contributed by atoms with van der Waals surface area (Å²) < 4.78 is 6.95. The van der Waals surface area contributed by atoms with Crippen LogP contribution in [0.1, 0.15) is 18.9 Å². The van der Waals surface area contributed by atoms with E-state index in [0.717, 1.165) is 12.0 Å². The first-order valence-corrected chi connectivity index (χ1v) is 10.1. The Hall–Kier alpha value is -2.80. The number of hydrogen-bond acceptors (Lipinski definition) is 5. The van der Waals surface area contributed by atoms with E-state index in [1.807, 2.05) is 50.2 Å². The number of carbonyl (C=O) groups excluding carboxylic acids is 1. The van der Waals surface area contributed by atoms with Gasteiger partial charge in [0.25, 0.3) is 5.56 Å². The largest absolute Gasteiger partial charge is 0.495 e. The van der Waals surface area contributed by atoms with Crippen molar-refractivity contribution in [3.8, 4) is 5.75 Å². The van der Waals surface area contributed by atoms with Crippen LogP contribution in [0.4, 0.5) is 5.69 Å². The topological polar surface area (TPSA) is 73.2 Å². The summed E-state index contributed by atoms with van der Waals surface area (Å²) in [6.07, 6.45) is 0.806. The number of methoxy groups -OCH3 is 1. The monoisotopic (exact) mass is 397 g/mol. The number of aryl methyl sites for hydroxylation is 1. The van der Waals surface area contributed by atoms with Crippen LogP contribution in [0.5, 0.6) is 5.75 Å². The number of aromatic nitrogens is 2. The zero-order valence-corrected chi connectivity index (χ0v) is 17.0. The molecule has 0 saturated heterocycles. The molecule has 6 nitrogen and oxygen atoms in total. The minimum atomic E-state index is -0.181. The maximum absolute atomic E-state index is 12.8. The second kappa shape index (κ2) is 8.93. The maximum atomic E-state index is 12.8. The van der Waals surface area contributed by atoms with Crippen molar-refractivity contribution in [2.24, 2.45) is 0 Å². The Balaban J connectivity index is 1.81. The average molecular weight is 398 g/mol. The van der Waals surface area contributed by atoms with E-state index >= 15 is 0 Å². The number of ether oxygens (including phenoxy) is 1. The highest BCUT2D eigenvalue weighted by Crippen LogP contribution is 2.26. The van der Waals surface area contributed by atoms with Crippen molar-refractivity contribution in [2.75, 3.05) is 18.2 Å². The summed E-state index contributed by atoms with van der Waals surface area (Å²) in [6, 6.07) is 12.9. The lowest BCUT2D eigenvalue weighted by molar-refractivity contribution is -0.113. The van der Waals surface area contributed by atoms with Gasteiger partial charge in [-0.1, -0.05) is 36.9 Å². The predicted octanol–water partition coefficient (Wildman–Crippen LogP) is 3.85. The number of anilines is 1. The van der Waals surface area contributed by atoms with Gasteiger partial charge in [0, 0.05) is 6.54 Å². The smallest absolute Gasteiger partial charge is 0.262 e. The lowest BCUT2D eigenvalue weighted by atomic mass is 10.2. The van der Waals surface area contributed by atoms with E-state index in [4.69, 9.17) is 4.74 Å². The molecule has 0 aliphatic heterocycles. The zero-order valence-electron chi connectivity index (χ0n) is 16.2. The molecule has 0 bridgehead atoms. The van der Waals surface area contributed by atoms with Crippen LogP contribution in [0, 0.1) is 6.92 Å². The van der Waals surface area contributed by atoms with E-state index < -0.39 is 0 Å². The second-order valence-electron chi connectivity index (χ2n) is 6.41. The van der Waals surface area contributed by atoms with Crippen molar-refractivity contribution in [3.05, 3.63) is 58.4 Å². The Morgan fingerprint density at radius 2 is 2.04 bits per heavy atom. The summed E-state index contributed by atoms with van der Waals surface area (Å²) in [5.74, 6) is 0.570. The summed E-state index contributed by atoms with van der Waals surface area (Å²) >= 11 is 1.26. The molecule has 2 aromatic carbocycles. The molecule has 0 fully saturated rings. The van der Waals surface area contributed by atoms with Crippen molar-refractivity contribution >= 4 is 34.3 Å². The number of benzene rings is 2. The predicted molar refractivity (Wildman–Crippen MR) is 113 cm³/mol. The van der Waals surface area contributed by atoms with Gasteiger partial charge in [0.15, 0.2) is 5.16 Å². The molecule has 146 valence electrons. The van der Waals surface area contributed by atoms with E-state index in [9.17, 15) is 9.59 Å². The van der Waals surface area contributed by atoms with Gasteiger partial charge < -0.3 is 10.1 Å². The first-order chi connectivity index (χ1) is 13.5. The van der Waals surface area contributed by atoms with Crippen LogP contribution in [0.2, 0.25) is 0 Å². The van der Waals surface area contributed by atoms with Gasteiger partial charge in [0.2, 0.25) is 5.91 Å². The van der Waals surface area contributed by atoms with Crippen LogP contribution in [-0.2, 0) is 11.3 Å². The molecule has 1 aromatic heterocycles. The van der Waals surface area contributed by atoms with E-state index in [-0.39, 0.29) is 17.2 Å². The summed E-state index contributed by atoms with van der Waals surface area (Å²) in [5, 5.41) is 4.02. The SMILES string of the molecule is CCCn1c(SCC(=O)Nc2cc(C)ccc2OC)nc2ccccc2c1=O. The molecule has 0 aliphatic carbocycles. The van der Waals surface area contributed by atoms with Gasteiger partial charge in [-0.05, 0) is 43.2 Å². The number of carbonyl (C=O) groups is 1.